The number of amides is 1. The van der Waals surface area contributed by atoms with Crippen LogP contribution in [0.4, 0.5) is 4.79 Å². The van der Waals surface area contributed by atoms with Crippen molar-refractivity contribution in [2.45, 2.75) is 57.8 Å². The van der Waals surface area contributed by atoms with E-state index >= 15 is 0 Å². The van der Waals surface area contributed by atoms with Gasteiger partial charge in [-0.25, -0.2) is 4.79 Å². The quantitative estimate of drug-likeness (QED) is 0.790. The topological polar surface area (TPSA) is 59.0 Å². The van der Waals surface area contributed by atoms with E-state index < -0.39 is 5.60 Å². The fourth-order valence-corrected chi connectivity index (χ4v) is 2.94. The minimum Gasteiger partial charge on any atom is -0.444 e. The lowest BCUT2D eigenvalue weighted by molar-refractivity contribution is -0.0595. The zero-order valence-corrected chi connectivity index (χ0v) is 12.1. The summed E-state index contributed by atoms with van der Waals surface area (Å²) in [5.74, 6) is 0.118. The Labute approximate surface area is 114 Å². The van der Waals surface area contributed by atoms with E-state index in [4.69, 9.17) is 9.47 Å². The number of hydrogen-bond acceptors (Lipinski definition) is 4. The van der Waals surface area contributed by atoms with Crippen LogP contribution >= 0.6 is 0 Å². The zero-order chi connectivity index (χ0) is 14.0. The lowest BCUT2D eigenvalue weighted by Crippen LogP contribution is -2.54. The Bertz CT molecular complexity index is 326. The maximum Gasteiger partial charge on any atom is 0.410 e. The molecule has 3 atom stereocenters. The molecule has 1 amide bonds. The van der Waals surface area contributed by atoms with Gasteiger partial charge in [0.1, 0.15) is 5.60 Å². The number of hydrogen-bond donors (Lipinski definition) is 1. The molecule has 0 aromatic rings. The minimum absolute atomic E-state index is 0.0545. The number of nitrogens with zero attached hydrogens (tertiary/aromatic N) is 1. The third kappa shape index (κ3) is 3.60. The van der Waals surface area contributed by atoms with Crippen molar-refractivity contribution >= 4 is 6.09 Å². The van der Waals surface area contributed by atoms with Crippen LogP contribution in [0, 0.1) is 5.92 Å². The maximum absolute atomic E-state index is 12.3. The molecule has 1 saturated carbocycles. The molecule has 0 radical (unpaired) electrons. The monoisotopic (exact) mass is 271 g/mol. The summed E-state index contributed by atoms with van der Waals surface area (Å²) in [4.78, 5) is 14.0. The molecule has 1 saturated heterocycles. The Morgan fingerprint density at radius 3 is 2.68 bits per heavy atom. The summed E-state index contributed by atoms with van der Waals surface area (Å²) in [5, 5.41) is 10.0. The first-order chi connectivity index (χ1) is 8.88. The summed E-state index contributed by atoms with van der Waals surface area (Å²) in [6.07, 6.45) is 2.18. The first-order valence-corrected chi connectivity index (χ1v) is 7.14. The van der Waals surface area contributed by atoms with Crippen molar-refractivity contribution < 1.29 is 19.4 Å². The molecule has 5 heteroatoms. The predicted octanol–water partition coefficient (Wildman–Crippen LogP) is 1.78. The minimum atomic E-state index is -0.492. The van der Waals surface area contributed by atoms with E-state index in [0.29, 0.717) is 19.8 Å². The number of carbonyl (C=O) groups excluding carboxylic acids is 1. The van der Waals surface area contributed by atoms with Gasteiger partial charge in [0.15, 0.2) is 0 Å². The second kappa shape index (κ2) is 5.67. The molecule has 2 rings (SSSR count). The van der Waals surface area contributed by atoms with Crippen molar-refractivity contribution in [3.63, 3.8) is 0 Å². The van der Waals surface area contributed by atoms with Crippen molar-refractivity contribution in [2.24, 2.45) is 5.92 Å². The van der Waals surface area contributed by atoms with Gasteiger partial charge in [0.05, 0.1) is 25.4 Å². The summed E-state index contributed by atoms with van der Waals surface area (Å²) in [7, 11) is 0. The van der Waals surface area contributed by atoms with E-state index in [2.05, 4.69) is 0 Å². The zero-order valence-electron chi connectivity index (χ0n) is 12.1. The molecule has 1 aliphatic carbocycles. The molecular formula is C14H25NO4. The second-order valence-electron chi connectivity index (χ2n) is 6.48. The average Bonchev–Trinajstić information content (AvgIpc) is 2.73. The van der Waals surface area contributed by atoms with Crippen LogP contribution in [0.15, 0.2) is 0 Å². The van der Waals surface area contributed by atoms with Crippen LogP contribution in [-0.4, -0.2) is 53.6 Å². The molecule has 5 nitrogen and oxygen atoms in total. The van der Waals surface area contributed by atoms with Crippen molar-refractivity contribution in [2.75, 3.05) is 19.8 Å². The van der Waals surface area contributed by atoms with Gasteiger partial charge in [0, 0.05) is 12.5 Å². The van der Waals surface area contributed by atoms with Gasteiger partial charge in [-0.1, -0.05) is 6.42 Å². The summed E-state index contributed by atoms with van der Waals surface area (Å²) in [6.45, 7) is 7.18. The summed E-state index contributed by atoms with van der Waals surface area (Å²) < 4.78 is 10.9. The van der Waals surface area contributed by atoms with Crippen LogP contribution in [0.2, 0.25) is 0 Å². The SMILES string of the molecule is CC(C)(C)OC(=O)N1CCOC[C@@H]1[C@H]1CCC[C@H]1O. The Balaban J connectivity index is 2.05. The highest BCUT2D eigenvalue weighted by Crippen LogP contribution is 2.32. The van der Waals surface area contributed by atoms with Gasteiger partial charge in [-0.05, 0) is 33.6 Å². The van der Waals surface area contributed by atoms with Gasteiger partial charge < -0.3 is 19.5 Å². The number of aliphatic hydroxyl groups is 1. The molecule has 1 N–H and O–H groups in total. The molecule has 0 unspecified atom stereocenters. The van der Waals surface area contributed by atoms with Gasteiger partial charge in [-0.2, -0.15) is 0 Å². The van der Waals surface area contributed by atoms with E-state index in [0.717, 1.165) is 19.3 Å². The Morgan fingerprint density at radius 1 is 1.37 bits per heavy atom. The number of carbonyl (C=O) groups is 1. The van der Waals surface area contributed by atoms with Gasteiger partial charge >= 0.3 is 6.09 Å². The number of ether oxygens (including phenoxy) is 2. The largest absolute Gasteiger partial charge is 0.444 e. The number of aliphatic hydroxyl groups excluding tert-OH is 1. The molecular weight excluding hydrogens is 246 g/mol. The summed E-state index contributed by atoms with van der Waals surface area (Å²) in [6, 6.07) is -0.0545. The van der Waals surface area contributed by atoms with Gasteiger partial charge in [-0.3, -0.25) is 0 Å². The standard InChI is InChI=1S/C14H25NO4/c1-14(2,3)19-13(17)15-7-8-18-9-11(15)10-5-4-6-12(10)16/h10-12,16H,4-9H2,1-3H3/t10-,11-,12-/m1/s1. The van der Waals surface area contributed by atoms with Crippen LogP contribution in [0.3, 0.4) is 0 Å². The van der Waals surface area contributed by atoms with E-state index in [1.807, 2.05) is 20.8 Å². The average molecular weight is 271 g/mol. The number of morpholine rings is 1. The predicted molar refractivity (Wildman–Crippen MR) is 70.9 cm³/mol. The highest BCUT2D eigenvalue weighted by molar-refractivity contribution is 5.68. The number of rotatable bonds is 1. The highest BCUT2D eigenvalue weighted by Gasteiger charge is 2.40. The molecule has 19 heavy (non-hydrogen) atoms. The maximum atomic E-state index is 12.3. The summed E-state index contributed by atoms with van der Waals surface area (Å²) >= 11 is 0. The molecule has 0 spiro atoms. The van der Waals surface area contributed by atoms with Crippen LogP contribution in [-0.2, 0) is 9.47 Å². The van der Waals surface area contributed by atoms with E-state index in [9.17, 15) is 9.90 Å². The third-order valence-corrected chi connectivity index (χ3v) is 3.82. The van der Waals surface area contributed by atoms with Crippen molar-refractivity contribution in [1.82, 2.24) is 4.90 Å². The normalized spacial score (nSPS) is 32.4. The summed E-state index contributed by atoms with van der Waals surface area (Å²) in [5.41, 5.74) is -0.492. The van der Waals surface area contributed by atoms with E-state index in [-0.39, 0.29) is 24.2 Å². The van der Waals surface area contributed by atoms with E-state index in [1.165, 1.54) is 0 Å². The molecule has 1 heterocycles. The van der Waals surface area contributed by atoms with Crippen molar-refractivity contribution in [1.29, 1.82) is 0 Å². The first-order valence-electron chi connectivity index (χ1n) is 7.14. The molecule has 110 valence electrons. The molecule has 1 aliphatic heterocycles. The van der Waals surface area contributed by atoms with Crippen LogP contribution in [0.1, 0.15) is 40.0 Å². The third-order valence-electron chi connectivity index (χ3n) is 3.82. The van der Waals surface area contributed by atoms with Gasteiger partial charge in [0.25, 0.3) is 0 Å². The second-order valence-corrected chi connectivity index (χ2v) is 6.48. The van der Waals surface area contributed by atoms with Crippen LogP contribution < -0.4 is 0 Å². The Kier molecular flexibility index (Phi) is 4.36. The van der Waals surface area contributed by atoms with Crippen molar-refractivity contribution in [3.8, 4) is 0 Å². The molecule has 0 aromatic carbocycles. The highest BCUT2D eigenvalue weighted by atomic mass is 16.6. The van der Waals surface area contributed by atoms with Crippen LogP contribution in [0.5, 0.6) is 0 Å². The fraction of sp³-hybridized carbons (Fsp3) is 0.929. The Hall–Kier alpha value is -0.810. The van der Waals surface area contributed by atoms with Crippen molar-refractivity contribution in [3.05, 3.63) is 0 Å². The first kappa shape index (κ1) is 14.6. The van der Waals surface area contributed by atoms with Crippen LogP contribution in [0.25, 0.3) is 0 Å². The van der Waals surface area contributed by atoms with E-state index in [1.54, 1.807) is 4.90 Å². The smallest absolute Gasteiger partial charge is 0.410 e. The van der Waals surface area contributed by atoms with Gasteiger partial charge in [-0.15, -0.1) is 0 Å². The molecule has 0 aromatic heterocycles. The fourth-order valence-electron chi connectivity index (χ4n) is 2.94. The Morgan fingerprint density at radius 2 is 2.11 bits per heavy atom. The molecule has 2 fully saturated rings. The van der Waals surface area contributed by atoms with Gasteiger partial charge in [0.2, 0.25) is 0 Å². The lowest BCUT2D eigenvalue weighted by atomic mass is 9.94. The molecule has 2 aliphatic rings. The lowest BCUT2D eigenvalue weighted by Gasteiger charge is -2.40. The molecule has 0 bridgehead atoms.